The van der Waals surface area contributed by atoms with Gasteiger partial charge in [0.25, 0.3) is 5.56 Å². The van der Waals surface area contributed by atoms with Crippen molar-refractivity contribution in [3.05, 3.63) is 59.8 Å². The molecule has 0 amide bonds. The molecular weight excluding hydrogens is 370 g/mol. The summed E-state index contributed by atoms with van der Waals surface area (Å²) >= 11 is 0. The van der Waals surface area contributed by atoms with E-state index in [9.17, 15) is 4.79 Å². The van der Waals surface area contributed by atoms with Gasteiger partial charge in [0.05, 0.1) is 11.4 Å². The first-order valence-electron chi connectivity index (χ1n) is 9.55. The Bertz CT molecular complexity index is 1170. The van der Waals surface area contributed by atoms with Crippen LogP contribution in [-0.2, 0) is 0 Å². The number of pyridine rings is 1. The molecule has 1 aliphatic rings. The fourth-order valence-corrected chi connectivity index (χ4v) is 3.79. The Balaban J connectivity index is 1.31. The molecule has 0 bridgehead atoms. The Morgan fingerprint density at radius 1 is 1.00 bits per heavy atom. The van der Waals surface area contributed by atoms with E-state index in [0.717, 1.165) is 36.9 Å². The summed E-state index contributed by atoms with van der Waals surface area (Å²) in [6.07, 6.45) is 9.81. The standard InChI is InChI=1S/C19H19N9O/c29-17-8-7-16(27-12-20-10-24-27)26-28(17)14-5-3-13(4-6-14)25-19-15-2-1-9-21-18(15)22-11-23-19/h1-2,7-14H,3-6H2,(H,21,22,23,25). The largest absolute Gasteiger partial charge is 0.367 e. The topological polar surface area (TPSA) is 116 Å². The van der Waals surface area contributed by atoms with Crippen molar-refractivity contribution in [2.24, 2.45) is 0 Å². The van der Waals surface area contributed by atoms with Crippen LogP contribution in [0.3, 0.4) is 0 Å². The van der Waals surface area contributed by atoms with Crippen LogP contribution in [0, 0.1) is 0 Å². The van der Waals surface area contributed by atoms with Crippen LogP contribution < -0.4 is 10.9 Å². The van der Waals surface area contributed by atoms with Crippen molar-refractivity contribution in [1.82, 2.24) is 39.5 Å². The fourth-order valence-electron chi connectivity index (χ4n) is 3.79. The smallest absolute Gasteiger partial charge is 0.267 e. The van der Waals surface area contributed by atoms with E-state index in [0.29, 0.717) is 11.5 Å². The lowest BCUT2D eigenvalue weighted by Crippen LogP contribution is -2.33. The van der Waals surface area contributed by atoms with Crippen molar-refractivity contribution in [3.63, 3.8) is 0 Å². The van der Waals surface area contributed by atoms with Crippen LogP contribution in [0.5, 0.6) is 0 Å². The van der Waals surface area contributed by atoms with Gasteiger partial charge in [-0.15, -0.1) is 5.10 Å². The van der Waals surface area contributed by atoms with Crippen LogP contribution in [0.2, 0.25) is 0 Å². The minimum Gasteiger partial charge on any atom is -0.367 e. The molecule has 146 valence electrons. The number of nitrogens with one attached hydrogen (secondary N) is 1. The maximum Gasteiger partial charge on any atom is 0.267 e. The third-order valence-corrected chi connectivity index (χ3v) is 5.26. The number of aromatic nitrogens is 8. The zero-order valence-corrected chi connectivity index (χ0v) is 15.6. The molecule has 1 fully saturated rings. The van der Waals surface area contributed by atoms with Crippen LogP contribution in [0.25, 0.3) is 16.9 Å². The lowest BCUT2D eigenvalue weighted by atomic mass is 9.91. The second kappa shape index (κ2) is 7.38. The van der Waals surface area contributed by atoms with Gasteiger partial charge < -0.3 is 5.32 Å². The summed E-state index contributed by atoms with van der Waals surface area (Å²) in [4.78, 5) is 29.2. The van der Waals surface area contributed by atoms with E-state index in [2.05, 4.69) is 35.5 Å². The van der Waals surface area contributed by atoms with Gasteiger partial charge >= 0.3 is 0 Å². The van der Waals surface area contributed by atoms with E-state index >= 15 is 0 Å². The molecule has 0 radical (unpaired) electrons. The molecule has 4 aromatic heterocycles. The molecule has 10 heteroatoms. The molecule has 1 aliphatic carbocycles. The molecule has 5 rings (SSSR count). The van der Waals surface area contributed by atoms with Gasteiger partial charge in [0.2, 0.25) is 0 Å². The third-order valence-electron chi connectivity index (χ3n) is 5.26. The molecule has 0 aromatic carbocycles. The zero-order chi connectivity index (χ0) is 19.6. The Labute approximate surface area is 165 Å². The van der Waals surface area contributed by atoms with E-state index in [1.54, 1.807) is 28.0 Å². The predicted octanol–water partition coefficient (Wildman–Crippen LogP) is 1.76. The average Bonchev–Trinajstić information content (AvgIpc) is 3.30. The van der Waals surface area contributed by atoms with Gasteiger partial charge in [-0.3, -0.25) is 4.79 Å². The van der Waals surface area contributed by atoms with Gasteiger partial charge in [-0.25, -0.2) is 29.3 Å². The summed E-state index contributed by atoms with van der Waals surface area (Å²) in [7, 11) is 0. The number of fused-ring (bicyclic) bond motifs is 1. The highest BCUT2D eigenvalue weighted by atomic mass is 16.1. The van der Waals surface area contributed by atoms with E-state index in [4.69, 9.17) is 0 Å². The molecular formula is C19H19N9O. The summed E-state index contributed by atoms with van der Waals surface area (Å²) in [5.41, 5.74) is 0.581. The maximum absolute atomic E-state index is 12.4. The third kappa shape index (κ3) is 3.44. The number of anilines is 1. The van der Waals surface area contributed by atoms with Crippen LogP contribution in [0.15, 0.2) is 54.2 Å². The summed E-state index contributed by atoms with van der Waals surface area (Å²) in [5, 5.41) is 13.0. The van der Waals surface area contributed by atoms with Gasteiger partial charge in [0.15, 0.2) is 11.5 Å². The van der Waals surface area contributed by atoms with Crippen molar-refractivity contribution in [2.45, 2.75) is 37.8 Å². The molecule has 0 saturated heterocycles. The first-order chi connectivity index (χ1) is 14.3. The van der Waals surface area contributed by atoms with Crippen molar-refractivity contribution < 1.29 is 0 Å². The minimum absolute atomic E-state index is 0.0628. The van der Waals surface area contributed by atoms with Crippen molar-refractivity contribution >= 4 is 16.9 Å². The highest BCUT2D eigenvalue weighted by molar-refractivity contribution is 5.85. The van der Waals surface area contributed by atoms with Crippen LogP contribution in [-0.4, -0.2) is 45.5 Å². The number of rotatable bonds is 4. The second-order valence-corrected chi connectivity index (χ2v) is 7.06. The van der Waals surface area contributed by atoms with E-state index in [-0.39, 0.29) is 17.6 Å². The lowest BCUT2D eigenvalue weighted by Gasteiger charge is -2.30. The Morgan fingerprint density at radius 3 is 2.72 bits per heavy atom. The summed E-state index contributed by atoms with van der Waals surface area (Å²) in [5.74, 6) is 1.39. The summed E-state index contributed by atoms with van der Waals surface area (Å²) in [6.45, 7) is 0. The van der Waals surface area contributed by atoms with Gasteiger partial charge in [-0.1, -0.05) is 0 Å². The second-order valence-electron chi connectivity index (χ2n) is 7.06. The fraction of sp³-hybridized carbons (Fsp3) is 0.316. The minimum atomic E-state index is -0.0989. The molecule has 0 unspecified atom stereocenters. The Hall–Kier alpha value is -3.69. The number of hydrogen-bond acceptors (Lipinski definition) is 8. The first kappa shape index (κ1) is 17.4. The summed E-state index contributed by atoms with van der Waals surface area (Å²) < 4.78 is 3.13. The van der Waals surface area contributed by atoms with Gasteiger partial charge in [0.1, 0.15) is 24.8 Å². The molecule has 0 atom stereocenters. The highest BCUT2D eigenvalue weighted by Crippen LogP contribution is 2.29. The molecule has 29 heavy (non-hydrogen) atoms. The van der Waals surface area contributed by atoms with E-state index in [1.807, 2.05) is 12.1 Å². The molecule has 0 spiro atoms. The monoisotopic (exact) mass is 389 g/mol. The number of nitrogens with zero attached hydrogens (tertiary/aromatic N) is 8. The normalized spacial score (nSPS) is 19.3. The van der Waals surface area contributed by atoms with Gasteiger partial charge in [0, 0.05) is 18.3 Å². The molecule has 4 heterocycles. The number of hydrogen-bond donors (Lipinski definition) is 1. The van der Waals surface area contributed by atoms with Gasteiger partial charge in [-0.2, -0.15) is 5.10 Å². The molecule has 10 nitrogen and oxygen atoms in total. The summed E-state index contributed by atoms with van der Waals surface area (Å²) in [6, 6.07) is 7.39. The van der Waals surface area contributed by atoms with E-state index < -0.39 is 0 Å². The van der Waals surface area contributed by atoms with Crippen LogP contribution in [0.1, 0.15) is 31.7 Å². The highest BCUT2D eigenvalue weighted by Gasteiger charge is 2.24. The first-order valence-corrected chi connectivity index (χ1v) is 9.55. The van der Waals surface area contributed by atoms with Crippen molar-refractivity contribution in [2.75, 3.05) is 5.32 Å². The SMILES string of the molecule is O=c1ccc(-n2cncn2)nn1C1CCC(Nc2ncnc3ncccc23)CC1. The molecule has 4 aromatic rings. The average molecular weight is 389 g/mol. The predicted molar refractivity (Wildman–Crippen MR) is 106 cm³/mol. The van der Waals surface area contributed by atoms with Crippen LogP contribution >= 0.6 is 0 Å². The van der Waals surface area contributed by atoms with E-state index in [1.165, 1.54) is 18.7 Å². The van der Waals surface area contributed by atoms with Crippen molar-refractivity contribution in [3.8, 4) is 5.82 Å². The Morgan fingerprint density at radius 2 is 1.90 bits per heavy atom. The quantitative estimate of drug-likeness (QED) is 0.561. The maximum atomic E-state index is 12.4. The van der Waals surface area contributed by atoms with Crippen molar-refractivity contribution in [1.29, 1.82) is 0 Å². The van der Waals surface area contributed by atoms with Crippen LogP contribution in [0.4, 0.5) is 5.82 Å². The Kier molecular flexibility index (Phi) is 4.43. The lowest BCUT2D eigenvalue weighted by molar-refractivity contribution is 0.302. The molecule has 1 saturated carbocycles. The van der Waals surface area contributed by atoms with Gasteiger partial charge in [-0.05, 0) is 43.9 Å². The zero-order valence-electron chi connectivity index (χ0n) is 15.6. The molecule has 0 aliphatic heterocycles. The molecule has 1 N–H and O–H groups in total.